The van der Waals surface area contributed by atoms with Crippen molar-refractivity contribution >= 4 is 11.9 Å². The van der Waals surface area contributed by atoms with Gasteiger partial charge in [-0.2, -0.15) is 0 Å². The van der Waals surface area contributed by atoms with E-state index in [1.165, 1.54) is 6.92 Å². The lowest BCUT2D eigenvalue weighted by molar-refractivity contribution is -0.143. The van der Waals surface area contributed by atoms with Gasteiger partial charge in [-0.3, -0.25) is 9.59 Å². The van der Waals surface area contributed by atoms with Gasteiger partial charge >= 0.3 is 5.97 Å². The number of carbonyl (C=O) groups is 2. The Morgan fingerprint density at radius 2 is 2.05 bits per heavy atom. The number of aryl methyl sites for hydroxylation is 1. The standard InChI is InChI=1S/C16H21NO4/c1-10-5-6-12(9-13(10)21-3)16(7-4-8-16)15(20)17-11(2)14(18)19/h5-6,9,11H,4,7-8H2,1-3H3,(H,17,20)(H,18,19). The zero-order valence-electron chi connectivity index (χ0n) is 12.6. The number of carboxylic acids is 1. The summed E-state index contributed by atoms with van der Waals surface area (Å²) in [7, 11) is 1.60. The number of carbonyl (C=O) groups excluding carboxylic acids is 1. The molecule has 1 fully saturated rings. The number of amides is 1. The summed E-state index contributed by atoms with van der Waals surface area (Å²) in [5.74, 6) is -0.494. The normalized spacial score (nSPS) is 17.5. The highest BCUT2D eigenvalue weighted by atomic mass is 16.5. The van der Waals surface area contributed by atoms with Gasteiger partial charge in [0.1, 0.15) is 11.8 Å². The van der Waals surface area contributed by atoms with Gasteiger partial charge in [0.15, 0.2) is 0 Å². The van der Waals surface area contributed by atoms with E-state index in [1.54, 1.807) is 7.11 Å². The fourth-order valence-electron chi connectivity index (χ4n) is 2.69. The number of hydrogen-bond acceptors (Lipinski definition) is 3. The Bertz CT molecular complexity index is 563. The van der Waals surface area contributed by atoms with Crippen LogP contribution in [0, 0.1) is 6.92 Å². The molecule has 1 saturated carbocycles. The highest BCUT2D eigenvalue weighted by Crippen LogP contribution is 2.45. The molecule has 0 bridgehead atoms. The van der Waals surface area contributed by atoms with Crippen molar-refractivity contribution in [3.05, 3.63) is 29.3 Å². The van der Waals surface area contributed by atoms with Crippen LogP contribution in [0.1, 0.15) is 37.3 Å². The number of ether oxygens (including phenoxy) is 1. The van der Waals surface area contributed by atoms with Crippen LogP contribution in [0.25, 0.3) is 0 Å². The summed E-state index contributed by atoms with van der Waals surface area (Å²) < 4.78 is 5.32. The van der Waals surface area contributed by atoms with Crippen molar-refractivity contribution in [3.63, 3.8) is 0 Å². The minimum Gasteiger partial charge on any atom is -0.496 e. The number of aliphatic carboxylic acids is 1. The van der Waals surface area contributed by atoms with E-state index in [9.17, 15) is 9.59 Å². The minimum absolute atomic E-state index is 0.213. The van der Waals surface area contributed by atoms with Gasteiger partial charge in [-0.05, 0) is 43.9 Å². The lowest BCUT2D eigenvalue weighted by atomic mass is 9.63. The highest BCUT2D eigenvalue weighted by Gasteiger charge is 2.46. The van der Waals surface area contributed by atoms with E-state index >= 15 is 0 Å². The molecule has 5 heteroatoms. The molecule has 0 aromatic heterocycles. The molecule has 1 atom stereocenters. The van der Waals surface area contributed by atoms with Crippen LogP contribution in [0.3, 0.4) is 0 Å². The monoisotopic (exact) mass is 291 g/mol. The summed E-state index contributed by atoms with van der Waals surface area (Å²) in [6.45, 7) is 3.42. The number of benzene rings is 1. The average Bonchev–Trinajstić information content (AvgIpc) is 2.39. The Labute approximate surface area is 124 Å². The molecule has 0 heterocycles. The first kappa shape index (κ1) is 15.4. The van der Waals surface area contributed by atoms with Crippen LogP contribution in [0.2, 0.25) is 0 Å². The van der Waals surface area contributed by atoms with Gasteiger partial charge in [0.2, 0.25) is 5.91 Å². The molecule has 1 amide bonds. The summed E-state index contributed by atoms with van der Waals surface area (Å²) in [4.78, 5) is 23.4. The van der Waals surface area contributed by atoms with E-state index in [0.29, 0.717) is 0 Å². The summed E-state index contributed by atoms with van der Waals surface area (Å²) in [5, 5.41) is 11.5. The topological polar surface area (TPSA) is 75.6 Å². The quantitative estimate of drug-likeness (QED) is 0.870. The highest BCUT2D eigenvalue weighted by molar-refractivity contribution is 5.92. The minimum atomic E-state index is -1.03. The zero-order chi connectivity index (χ0) is 15.6. The second kappa shape index (κ2) is 5.76. The Hall–Kier alpha value is -2.04. The van der Waals surface area contributed by atoms with E-state index in [2.05, 4.69) is 5.32 Å². The SMILES string of the molecule is COc1cc(C2(C(=O)NC(C)C(=O)O)CCC2)ccc1C. The summed E-state index contributed by atoms with van der Waals surface area (Å²) in [6, 6.07) is 4.87. The predicted octanol–water partition coefficient (Wildman–Crippen LogP) is 2.01. The van der Waals surface area contributed by atoms with Crippen molar-refractivity contribution in [3.8, 4) is 5.75 Å². The maximum absolute atomic E-state index is 12.5. The zero-order valence-corrected chi connectivity index (χ0v) is 12.6. The number of hydrogen-bond donors (Lipinski definition) is 2. The molecular formula is C16H21NO4. The first-order valence-electron chi connectivity index (χ1n) is 7.09. The summed E-state index contributed by atoms with van der Waals surface area (Å²) in [5.41, 5.74) is 1.28. The number of rotatable bonds is 5. The van der Waals surface area contributed by atoms with E-state index in [1.807, 2.05) is 25.1 Å². The van der Waals surface area contributed by atoms with Gasteiger partial charge < -0.3 is 15.2 Å². The Kier molecular flexibility index (Phi) is 4.21. The van der Waals surface area contributed by atoms with E-state index < -0.39 is 17.4 Å². The fourth-order valence-corrected chi connectivity index (χ4v) is 2.69. The van der Waals surface area contributed by atoms with Gasteiger partial charge in [-0.25, -0.2) is 0 Å². The van der Waals surface area contributed by atoms with Crippen molar-refractivity contribution in [2.75, 3.05) is 7.11 Å². The third-order valence-corrected chi connectivity index (χ3v) is 4.32. The largest absolute Gasteiger partial charge is 0.496 e. The van der Waals surface area contributed by atoms with Crippen molar-refractivity contribution < 1.29 is 19.4 Å². The predicted molar refractivity (Wildman–Crippen MR) is 78.5 cm³/mol. The van der Waals surface area contributed by atoms with E-state index in [4.69, 9.17) is 9.84 Å². The maximum Gasteiger partial charge on any atom is 0.325 e. The van der Waals surface area contributed by atoms with Crippen LogP contribution in [0.5, 0.6) is 5.75 Å². The van der Waals surface area contributed by atoms with Crippen LogP contribution >= 0.6 is 0 Å². The molecule has 1 aromatic carbocycles. The molecule has 1 aliphatic rings. The van der Waals surface area contributed by atoms with Gasteiger partial charge in [-0.15, -0.1) is 0 Å². The molecular weight excluding hydrogens is 270 g/mol. The fraction of sp³-hybridized carbons (Fsp3) is 0.500. The molecule has 1 unspecified atom stereocenters. The summed E-state index contributed by atoms with van der Waals surface area (Å²) >= 11 is 0. The molecule has 5 nitrogen and oxygen atoms in total. The molecule has 0 radical (unpaired) electrons. The van der Waals surface area contributed by atoms with E-state index in [0.717, 1.165) is 36.1 Å². The van der Waals surface area contributed by atoms with Crippen molar-refractivity contribution in [2.24, 2.45) is 0 Å². The second-order valence-corrected chi connectivity index (χ2v) is 5.65. The lowest BCUT2D eigenvalue weighted by Gasteiger charge is -2.41. The number of methoxy groups -OCH3 is 1. The van der Waals surface area contributed by atoms with Crippen LogP contribution in [-0.2, 0) is 15.0 Å². The van der Waals surface area contributed by atoms with Crippen LogP contribution in [0.4, 0.5) is 0 Å². The first-order chi connectivity index (χ1) is 9.90. The number of carboxylic acid groups (broad SMARTS) is 1. The maximum atomic E-state index is 12.5. The third kappa shape index (κ3) is 2.73. The third-order valence-electron chi connectivity index (χ3n) is 4.32. The Morgan fingerprint density at radius 3 is 2.52 bits per heavy atom. The first-order valence-corrected chi connectivity index (χ1v) is 7.09. The average molecular weight is 291 g/mol. The van der Waals surface area contributed by atoms with Crippen LogP contribution in [-0.4, -0.2) is 30.1 Å². The molecule has 0 aliphatic heterocycles. The second-order valence-electron chi connectivity index (χ2n) is 5.65. The molecule has 0 spiro atoms. The van der Waals surface area contributed by atoms with Gasteiger partial charge in [-0.1, -0.05) is 18.6 Å². The number of nitrogens with one attached hydrogen (secondary N) is 1. The Balaban J connectivity index is 2.29. The molecule has 2 N–H and O–H groups in total. The van der Waals surface area contributed by atoms with Crippen molar-refractivity contribution in [1.29, 1.82) is 0 Å². The van der Waals surface area contributed by atoms with Gasteiger partial charge in [0.25, 0.3) is 0 Å². The van der Waals surface area contributed by atoms with Crippen molar-refractivity contribution in [1.82, 2.24) is 5.32 Å². The Morgan fingerprint density at radius 1 is 1.38 bits per heavy atom. The lowest BCUT2D eigenvalue weighted by Crippen LogP contribution is -2.53. The van der Waals surface area contributed by atoms with Gasteiger partial charge in [0, 0.05) is 0 Å². The smallest absolute Gasteiger partial charge is 0.325 e. The molecule has 1 aliphatic carbocycles. The molecule has 2 rings (SSSR count). The molecule has 114 valence electrons. The van der Waals surface area contributed by atoms with E-state index in [-0.39, 0.29) is 5.91 Å². The molecule has 0 saturated heterocycles. The molecule has 21 heavy (non-hydrogen) atoms. The molecule has 1 aromatic rings. The van der Waals surface area contributed by atoms with Gasteiger partial charge in [0.05, 0.1) is 12.5 Å². The van der Waals surface area contributed by atoms with Crippen LogP contribution in [0.15, 0.2) is 18.2 Å². The van der Waals surface area contributed by atoms with Crippen molar-refractivity contribution in [2.45, 2.75) is 44.6 Å². The van der Waals surface area contributed by atoms with Crippen LogP contribution < -0.4 is 10.1 Å². The summed E-state index contributed by atoms with van der Waals surface area (Å²) in [6.07, 6.45) is 2.43.